The maximum absolute atomic E-state index is 12.6. The van der Waals surface area contributed by atoms with Gasteiger partial charge < -0.3 is 10.5 Å². The summed E-state index contributed by atoms with van der Waals surface area (Å²) in [6, 6.07) is 5.64. The molecule has 0 aliphatic carbocycles. The van der Waals surface area contributed by atoms with Crippen LogP contribution in [0.15, 0.2) is 18.2 Å². The van der Waals surface area contributed by atoms with E-state index in [1.807, 2.05) is 0 Å². The second-order valence-corrected chi connectivity index (χ2v) is 3.18. The molecule has 0 spiro atoms. The van der Waals surface area contributed by atoms with E-state index in [0.29, 0.717) is 0 Å². The van der Waals surface area contributed by atoms with Gasteiger partial charge in [0.15, 0.2) is 6.61 Å². The molecular formula is C10H8F4N2O. The molecule has 0 radical (unpaired) electrons. The van der Waals surface area contributed by atoms with Crippen LogP contribution in [-0.4, -0.2) is 19.0 Å². The van der Waals surface area contributed by atoms with E-state index in [2.05, 4.69) is 4.74 Å². The van der Waals surface area contributed by atoms with Crippen LogP contribution in [0.1, 0.15) is 5.56 Å². The van der Waals surface area contributed by atoms with Gasteiger partial charge in [0.05, 0.1) is 11.3 Å². The quantitative estimate of drug-likeness (QED) is 0.657. The van der Waals surface area contributed by atoms with Crippen molar-refractivity contribution in [3.05, 3.63) is 23.8 Å². The van der Waals surface area contributed by atoms with Crippen molar-refractivity contribution in [3.8, 4) is 11.8 Å². The molecule has 0 unspecified atom stereocenters. The first-order valence-corrected chi connectivity index (χ1v) is 4.46. The molecule has 0 fully saturated rings. The Kier molecular flexibility index (Phi) is 3.78. The maximum Gasteiger partial charge on any atom is 0.340 e. The van der Waals surface area contributed by atoms with Crippen molar-refractivity contribution in [2.75, 3.05) is 12.3 Å². The lowest BCUT2D eigenvalue weighted by molar-refractivity contribution is -0.148. The zero-order valence-electron chi connectivity index (χ0n) is 8.46. The molecule has 1 rings (SSSR count). The van der Waals surface area contributed by atoms with Crippen molar-refractivity contribution in [1.29, 1.82) is 5.26 Å². The molecule has 92 valence electrons. The SMILES string of the molecule is N#Cc1cccc(OCC(F)(F)C(F)F)c1N. The summed E-state index contributed by atoms with van der Waals surface area (Å²) in [7, 11) is 0. The number of halogens is 4. The number of nitrogen functional groups attached to an aromatic ring is 1. The first-order chi connectivity index (χ1) is 7.88. The molecule has 0 saturated heterocycles. The minimum Gasteiger partial charge on any atom is -0.485 e. The highest BCUT2D eigenvalue weighted by Gasteiger charge is 2.41. The van der Waals surface area contributed by atoms with E-state index in [0.717, 1.165) is 0 Å². The molecule has 1 aromatic carbocycles. The molecule has 0 aliphatic heterocycles. The normalized spacial score (nSPS) is 11.3. The summed E-state index contributed by atoms with van der Waals surface area (Å²) in [5.41, 5.74) is 5.30. The zero-order chi connectivity index (χ0) is 13.1. The van der Waals surface area contributed by atoms with Gasteiger partial charge in [-0.05, 0) is 12.1 Å². The summed E-state index contributed by atoms with van der Waals surface area (Å²) in [6.45, 7) is -1.50. The minimum atomic E-state index is -4.25. The second kappa shape index (κ2) is 4.91. The first-order valence-electron chi connectivity index (χ1n) is 4.46. The second-order valence-electron chi connectivity index (χ2n) is 3.18. The van der Waals surface area contributed by atoms with Crippen molar-refractivity contribution >= 4 is 5.69 Å². The topological polar surface area (TPSA) is 59.0 Å². The average Bonchev–Trinajstić information content (AvgIpc) is 2.27. The molecule has 3 nitrogen and oxygen atoms in total. The Balaban J connectivity index is 2.81. The summed E-state index contributed by atoms with van der Waals surface area (Å²) >= 11 is 0. The van der Waals surface area contributed by atoms with Gasteiger partial charge in [-0.2, -0.15) is 14.0 Å². The maximum atomic E-state index is 12.6. The Hall–Kier alpha value is -1.97. The molecule has 2 N–H and O–H groups in total. The number of alkyl halides is 4. The van der Waals surface area contributed by atoms with Gasteiger partial charge in [-0.15, -0.1) is 0 Å². The van der Waals surface area contributed by atoms with Gasteiger partial charge in [0.25, 0.3) is 0 Å². The summed E-state index contributed by atoms with van der Waals surface area (Å²) in [4.78, 5) is 0. The van der Waals surface area contributed by atoms with Crippen molar-refractivity contribution in [2.24, 2.45) is 0 Å². The van der Waals surface area contributed by atoms with Gasteiger partial charge >= 0.3 is 12.3 Å². The highest BCUT2D eigenvalue weighted by Crippen LogP contribution is 2.28. The first kappa shape index (κ1) is 13.1. The number of anilines is 1. The van der Waals surface area contributed by atoms with Crippen LogP contribution in [0, 0.1) is 11.3 Å². The number of nitrogens with zero attached hydrogens (tertiary/aromatic N) is 1. The van der Waals surface area contributed by atoms with Gasteiger partial charge in [-0.3, -0.25) is 0 Å². The van der Waals surface area contributed by atoms with E-state index in [1.54, 1.807) is 6.07 Å². The minimum absolute atomic E-state index is 0.0304. The number of hydrogen-bond donors (Lipinski definition) is 1. The van der Waals surface area contributed by atoms with E-state index in [9.17, 15) is 17.6 Å². The molecule has 17 heavy (non-hydrogen) atoms. The van der Waals surface area contributed by atoms with E-state index in [4.69, 9.17) is 11.0 Å². The van der Waals surface area contributed by atoms with Crippen LogP contribution in [0.5, 0.6) is 5.75 Å². The van der Waals surface area contributed by atoms with E-state index in [-0.39, 0.29) is 17.0 Å². The lowest BCUT2D eigenvalue weighted by Gasteiger charge is -2.16. The Morgan fingerprint density at radius 1 is 1.41 bits per heavy atom. The Morgan fingerprint density at radius 2 is 2.06 bits per heavy atom. The number of nitriles is 1. The number of rotatable bonds is 4. The fourth-order valence-corrected chi connectivity index (χ4v) is 1.00. The number of ether oxygens (including phenoxy) is 1. The molecular weight excluding hydrogens is 240 g/mol. The lowest BCUT2D eigenvalue weighted by atomic mass is 10.2. The van der Waals surface area contributed by atoms with Gasteiger partial charge in [-0.25, -0.2) is 8.78 Å². The Labute approximate surface area is 94.4 Å². The van der Waals surface area contributed by atoms with Crippen molar-refractivity contribution in [2.45, 2.75) is 12.3 Å². The Morgan fingerprint density at radius 3 is 2.59 bits per heavy atom. The largest absolute Gasteiger partial charge is 0.485 e. The van der Waals surface area contributed by atoms with Gasteiger partial charge in [0.1, 0.15) is 11.8 Å². The van der Waals surface area contributed by atoms with Crippen molar-refractivity contribution < 1.29 is 22.3 Å². The molecule has 0 aromatic heterocycles. The van der Waals surface area contributed by atoms with Crippen LogP contribution in [-0.2, 0) is 0 Å². The lowest BCUT2D eigenvalue weighted by Crippen LogP contribution is -2.33. The number of para-hydroxylation sites is 1. The van der Waals surface area contributed by atoms with Crippen LogP contribution < -0.4 is 10.5 Å². The molecule has 7 heteroatoms. The highest BCUT2D eigenvalue weighted by molar-refractivity contribution is 5.63. The van der Waals surface area contributed by atoms with Gasteiger partial charge in [0.2, 0.25) is 0 Å². The van der Waals surface area contributed by atoms with Crippen LogP contribution in [0.4, 0.5) is 23.2 Å². The van der Waals surface area contributed by atoms with Crippen molar-refractivity contribution in [3.63, 3.8) is 0 Å². The average molecular weight is 248 g/mol. The van der Waals surface area contributed by atoms with Crippen LogP contribution in [0.3, 0.4) is 0 Å². The molecule has 0 bridgehead atoms. The van der Waals surface area contributed by atoms with Crippen molar-refractivity contribution in [1.82, 2.24) is 0 Å². The highest BCUT2D eigenvalue weighted by atomic mass is 19.3. The predicted molar refractivity (Wildman–Crippen MR) is 52.0 cm³/mol. The molecule has 1 aromatic rings. The number of benzene rings is 1. The molecule has 0 heterocycles. The van der Waals surface area contributed by atoms with E-state index < -0.39 is 19.0 Å². The fraction of sp³-hybridized carbons (Fsp3) is 0.300. The van der Waals surface area contributed by atoms with Crippen LogP contribution >= 0.6 is 0 Å². The summed E-state index contributed by atoms with van der Waals surface area (Å²) in [6.07, 6.45) is -3.82. The standard InChI is InChI=1S/C10H8F4N2O/c11-9(12)10(13,14)5-17-7-3-1-2-6(4-15)8(7)16/h1-3,9H,5,16H2. The zero-order valence-corrected chi connectivity index (χ0v) is 8.46. The van der Waals surface area contributed by atoms with Crippen LogP contribution in [0.25, 0.3) is 0 Å². The molecule has 0 atom stereocenters. The Bertz CT molecular complexity index is 442. The third-order valence-electron chi connectivity index (χ3n) is 1.93. The number of hydrogen-bond acceptors (Lipinski definition) is 3. The molecule has 0 saturated carbocycles. The smallest absolute Gasteiger partial charge is 0.340 e. The summed E-state index contributed by atoms with van der Waals surface area (Å²) < 4.78 is 53.3. The van der Waals surface area contributed by atoms with Crippen LogP contribution in [0.2, 0.25) is 0 Å². The molecule has 0 aliphatic rings. The third-order valence-corrected chi connectivity index (χ3v) is 1.93. The fourth-order valence-electron chi connectivity index (χ4n) is 1.00. The number of nitrogens with two attached hydrogens (primary N) is 1. The van der Waals surface area contributed by atoms with E-state index >= 15 is 0 Å². The summed E-state index contributed by atoms with van der Waals surface area (Å²) in [5.74, 6) is -4.47. The predicted octanol–water partition coefficient (Wildman–Crippen LogP) is 2.42. The third kappa shape index (κ3) is 3.00. The monoisotopic (exact) mass is 248 g/mol. The summed E-state index contributed by atoms with van der Waals surface area (Å²) in [5, 5.41) is 8.61. The molecule has 0 amide bonds. The van der Waals surface area contributed by atoms with Gasteiger partial charge in [0, 0.05) is 0 Å². The van der Waals surface area contributed by atoms with Gasteiger partial charge in [-0.1, -0.05) is 6.07 Å². The van der Waals surface area contributed by atoms with E-state index in [1.165, 1.54) is 18.2 Å².